The number of allylic oxidation sites excluding steroid dienone is 1. The Labute approximate surface area is 115 Å². The first kappa shape index (κ1) is 13.8. The minimum atomic E-state index is -3.63. The van der Waals surface area contributed by atoms with Gasteiger partial charge in [-0.15, -0.1) is 0 Å². The quantitative estimate of drug-likeness (QED) is 0.621. The second-order valence-corrected chi connectivity index (χ2v) is 6.54. The van der Waals surface area contributed by atoms with Crippen molar-refractivity contribution < 1.29 is 13.3 Å². The molecular weight excluding hydrogens is 290 g/mol. The molecule has 7 heteroatoms. The van der Waals surface area contributed by atoms with Crippen LogP contribution in [-0.2, 0) is 9.84 Å². The number of halogens is 1. The monoisotopic (exact) mass is 299 g/mol. The topological polar surface area (TPSA) is 77.3 Å². The van der Waals surface area contributed by atoms with E-state index >= 15 is 0 Å². The van der Waals surface area contributed by atoms with Gasteiger partial charge in [-0.2, -0.15) is 0 Å². The lowest BCUT2D eigenvalue weighted by Crippen LogP contribution is -2.06. The van der Waals surface area contributed by atoms with Gasteiger partial charge in [0.1, 0.15) is 5.75 Å². The molecule has 0 saturated heterocycles. The van der Waals surface area contributed by atoms with Crippen molar-refractivity contribution in [2.24, 2.45) is 0 Å². The molecule has 0 radical (unpaired) electrons. The maximum Gasteiger partial charge on any atom is 0.265 e. The van der Waals surface area contributed by atoms with Gasteiger partial charge in [0.2, 0.25) is 0 Å². The van der Waals surface area contributed by atoms with E-state index in [4.69, 9.17) is 11.6 Å². The Kier molecular flexibility index (Phi) is 3.47. The predicted molar refractivity (Wildman–Crippen MR) is 72.9 cm³/mol. The van der Waals surface area contributed by atoms with Crippen LogP contribution in [0.4, 0.5) is 0 Å². The first-order valence-corrected chi connectivity index (χ1v) is 7.39. The summed E-state index contributed by atoms with van der Waals surface area (Å²) in [4.78, 5) is 10.1. The number of nitrogens with zero attached hydrogens (tertiary/aromatic N) is 1. The zero-order chi connectivity index (χ0) is 14.2. The Bertz CT molecular complexity index is 702. The summed E-state index contributed by atoms with van der Waals surface area (Å²) in [6.45, 7) is 1.45. The standard InChI is InChI=1S/C12H10ClNO4S/c1-8-11(14(15)16)7-19(17,18)12(8)6-9-2-4-10(13)5-3-9/h2-6H,7H2,1H3. The molecule has 1 aliphatic heterocycles. The number of hydrogen-bond donors (Lipinski definition) is 0. The predicted octanol–water partition coefficient (Wildman–Crippen LogP) is 2.66. The van der Waals surface area contributed by atoms with Crippen molar-refractivity contribution in [1.29, 1.82) is 0 Å². The highest BCUT2D eigenvalue weighted by molar-refractivity contribution is 7.96. The Morgan fingerprint density at radius 2 is 1.89 bits per heavy atom. The van der Waals surface area contributed by atoms with E-state index in [1.165, 1.54) is 13.0 Å². The Hall–Kier alpha value is -1.66. The van der Waals surface area contributed by atoms with Gasteiger partial charge < -0.3 is 0 Å². The lowest BCUT2D eigenvalue weighted by molar-refractivity contribution is -0.424. The van der Waals surface area contributed by atoms with Gasteiger partial charge in [0.15, 0.2) is 9.84 Å². The number of nitro groups is 1. The zero-order valence-corrected chi connectivity index (χ0v) is 11.5. The highest BCUT2D eigenvalue weighted by Crippen LogP contribution is 2.32. The Morgan fingerprint density at radius 1 is 1.32 bits per heavy atom. The van der Waals surface area contributed by atoms with E-state index < -0.39 is 20.5 Å². The van der Waals surface area contributed by atoms with Crippen LogP contribution in [0.3, 0.4) is 0 Å². The summed E-state index contributed by atoms with van der Waals surface area (Å²) >= 11 is 5.74. The second-order valence-electron chi connectivity index (χ2n) is 4.15. The molecule has 0 bridgehead atoms. The fourth-order valence-corrected chi connectivity index (χ4v) is 3.70. The van der Waals surface area contributed by atoms with Crippen molar-refractivity contribution >= 4 is 27.5 Å². The normalized spacial score (nSPS) is 20.0. The van der Waals surface area contributed by atoms with Crippen LogP contribution in [0.1, 0.15) is 12.5 Å². The van der Waals surface area contributed by atoms with Gasteiger partial charge in [-0.05, 0) is 30.7 Å². The van der Waals surface area contributed by atoms with E-state index in [0.717, 1.165) is 0 Å². The van der Waals surface area contributed by atoms with Crippen molar-refractivity contribution in [3.8, 4) is 0 Å². The van der Waals surface area contributed by atoms with Crippen LogP contribution in [0, 0.1) is 10.1 Å². The van der Waals surface area contributed by atoms with Gasteiger partial charge in [0.25, 0.3) is 5.70 Å². The fraction of sp³-hybridized carbons (Fsp3) is 0.167. The maximum absolute atomic E-state index is 11.9. The average Bonchev–Trinajstić information content (AvgIpc) is 2.55. The molecule has 2 rings (SSSR count). The molecule has 5 nitrogen and oxygen atoms in total. The molecule has 0 unspecified atom stereocenters. The molecule has 0 fully saturated rings. The largest absolute Gasteiger partial charge is 0.265 e. The van der Waals surface area contributed by atoms with Gasteiger partial charge in [-0.3, -0.25) is 10.1 Å². The molecule has 0 aromatic heterocycles. The van der Waals surface area contributed by atoms with Crippen LogP contribution in [0.2, 0.25) is 5.02 Å². The summed E-state index contributed by atoms with van der Waals surface area (Å²) in [6.07, 6.45) is 1.43. The molecule has 1 aromatic rings. The van der Waals surface area contributed by atoms with Crippen molar-refractivity contribution in [3.05, 3.63) is 61.1 Å². The fourth-order valence-electron chi connectivity index (χ4n) is 1.84. The first-order valence-electron chi connectivity index (χ1n) is 5.36. The Morgan fingerprint density at radius 3 is 2.37 bits per heavy atom. The van der Waals surface area contributed by atoms with Crippen LogP contribution < -0.4 is 0 Å². The molecule has 0 amide bonds. The highest BCUT2D eigenvalue weighted by Gasteiger charge is 2.37. The number of rotatable bonds is 2. The molecule has 1 aromatic carbocycles. The summed E-state index contributed by atoms with van der Waals surface area (Å²) in [5.74, 6) is -0.550. The van der Waals surface area contributed by atoms with Crippen molar-refractivity contribution in [2.75, 3.05) is 5.75 Å². The lowest BCUT2D eigenvalue weighted by Gasteiger charge is -1.99. The summed E-state index contributed by atoms with van der Waals surface area (Å²) in [5, 5.41) is 11.3. The molecule has 100 valence electrons. The third-order valence-electron chi connectivity index (χ3n) is 2.85. The molecule has 19 heavy (non-hydrogen) atoms. The zero-order valence-electron chi connectivity index (χ0n) is 9.96. The van der Waals surface area contributed by atoms with Crippen LogP contribution in [-0.4, -0.2) is 19.1 Å². The first-order chi connectivity index (χ1) is 8.81. The SMILES string of the molecule is CC1=C([N+](=O)[O-])CS(=O)(=O)C1=Cc1ccc(Cl)cc1. The molecular formula is C12H10ClNO4S. The van der Waals surface area contributed by atoms with Crippen LogP contribution >= 0.6 is 11.6 Å². The molecule has 0 N–H and O–H groups in total. The molecule has 1 heterocycles. The van der Waals surface area contributed by atoms with Crippen LogP contribution in [0.5, 0.6) is 0 Å². The Balaban J connectivity index is 2.53. The van der Waals surface area contributed by atoms with E-state index in [9.17, 15) is 18.5 Å². The minimum Gasteiger partial charge on any atom is -0.259 e. The third kappa shape index (κ3) is 2.69. The number of hydrogen-bond acceptors (Lipinski definition) is 4. The highest BCUT2D eigenvalue weighted by atomic mass is 35.5. The van der Waals surface area contributed by atoms with Crippen molar-refractivity contribution in [3.63, 3.8) is 0 Å². The summed E-state index contributed by atoms with van der Waals surface area (Å²) in [5.41, 5.74) is 0.562. The summed E-state index contributed by atoms with van der Waals surface area (Å²) < 4.78 is 23.8. The molecule has 0 atom stereocenters. The van der Waals surface area contributed by atoms with Gasteiger partial charge in [-0.25, -0.2) is 8.42 Å². The van der Waals surface area contributed by atoms with E-state index in [1.807, 2.05) is 0 Å². The molecule has 0 aliphatic carbocycles. The van der Waals surface area contributed by atoms with Gasteiger partial charge in [-0.1, -0.05) is 23.7 Å². The number of benzene rings is 1. The molecule has 0 saturated carbocycles. The smallest absolute Gasteiger partial charge is 0.259 e. The van der Waals surface area contributed by atoms with Crippen molar-refractivity contribution in [2.45, 2.75) is 6.92 Å². The van der Waals surface area contributed by atoms with E-state index in [0.29, 0.717) is 10.6 Å². The summed E-state index contributed by atoms with van der Waals surface area (Å²) in [7, 11) is -3.63. The minimum absolute atomic E-state index is 0.00141. The van der Waals surface area contributed by atoms with Gasteiger partial charge >= 0.3 is 0 Å². The van der Waals surface area contributed by atoms with E-state index in [2.05, 4.69) is 0 Å². The molecule has 1 aliphatic rings. The van der Waals surface area contributed by atoms with Crippen molar-refractivity contribution in [1.82, 2.24) is 0 Å². The summed E-state index contributed by atoms with van der Waals surface area (Å²) in [6, 6.07) is 6.57. The van der Waals surface area contributed by atoms with E-state index in [-0.39, 0.29) is 16.2 Å². The van der Waals surface area contributed by atoms with E-state index in [1.54, 1.807) is 24.3 Å². The maximum atomic E-state index is 11.9. The van der Waals surface area contributed by atoms with Crippen LogP contribution in [0.25, 0.3) is 6.08 Å². The van der Waals surface area contributed by atoms with Gasteiger partial charge in [0, 0.05) is 10.6 Å². The lowest BCUT2D eigenvalue weighted by atomic mass is 10.1. The molecule has 0 spiro atoms. The third-order valence-corrected chi connectivity index (χ3v) is 4.85. The van der Waals surface area contributed by atoms with Crippen LogP contribution in [0.15, 0.2) is 40.4 Å². The second kappa shape index (κ2) is 4.79. The van der Waals surface area contributed by atoms with Gasteiger partial charge in [0.05, 0.1) is 9.83 Å². The average molecular weight is 300 g/mol. The number of sulfone groups is 1.